The van der Waals surface area contributed by atoms with E-state index in [1.807, 2.05) is 0 Å². The van der Waals surface area contributed by atoms with Gasteiger partial charge in [0.15, 0.2) is 0 Å². The first-order valence-corrected chi connectivity index (χ1v) is 8.74. The second-order valence-corrected chi connectivity index (χ2v) is 7.11. The number of halogens is 2. The second kappa shape index (κ2) is 5.94. The van der Waals surface area contributed by atoms with Crippen LogP contribution in [0.5, 0.6) is 5.75 Å². The zero-order valence-corrected chi connectivity index (χ0v) is 15.0. The van der Waals surface area contributed by atoms with Crippen LogP contribution >= 0.6 is 15.9 Å². The van der Waals surface area contributed by atoms with Crippen LogP contribution in [0, 0.1) is 16.1 Å². The van der Waals surface area contributed by atoms with E-state index in [0.717, 1.165) is 22.9 Å². The molecule has 2 aliphatic heterocycles. The zero-order chi connectivity index (χ0) is 17.7. The van der Waals surface area contributed by atoms with Crippen LogP contribution in [-0.4, -0.2) is 23.1 Å². The molecule has 3 heterocycles. The van der Waals surface area contributed by atoms with Gasteiger partial charge in [0.2, 0.25) is 5.95 Å². The van der Waals surface area contributed by atoms with Crippen molar-refractivity contribution in [2.45, 2.75) is 31.3 Å². The fraction of sp³-hybridized carbons (Fsp3) is 0.353. The van der Waals surface area contributed by atoms with Gasteiger partial charge in [-0.15, -0.1) is 0 Å². The molecule has 1 aromatic heterocycles. The van der Waals surface area contributed by atoms with Crippen LogP contribution < -0.4 is 9.64 Å². The van der Waals surface area contributed by atoms with Crippen molar-refractivity contribution in [3.63, 3.8) is 0 Å². The van der Waals surface area contributed by atoms with Crippen molar-refractivity contribution >= 4 is 27.3 Å². The number of hydrogen-bond acceptors (Lipinski definition) is 5. The summed E-state index contributed by atoms with van der Waals surface area (Å²) in [4.78, 5) is 17.0. The minimum Gasteiger partial charge on any atom is -0.496 e. The van der Waals surface area contributed by atoms with Crippen LogP contribution in [0.3, 0.4) is 0 Å². The van der Waals surface area contributed by atoms with Gasteiger partial charge in [-0.3, -0.25) is 10.1 Å². The van der Waals surface area contributed by atoms with Gasteiger partial charge in [0.1, 0.15) is 11.4 Å². The number of anilines is 1. The summed E-state index contributed by atoms with van der Waals surface area (Å²) in [7, 11) is 1.48. The average Bonchev–Trinajstić information content (AvgIpc) is 2.90. The third-order valence-electron chi connectivity index (χ3n) is 5.06. The van der Waals surface area contributed by atoms with Crippen LogP contribution in [0.15, 0.2) is 28.9 Å². The molecule has 0 amide bonds. The molecule has 130 valence electrons. The van der Waals surface area contributed by atoms with E-state index in [1.54, 1.807) is 12.1 Å². The van der Waals surface area contributed by atoms with Crippen molar-refractivity contribution < 1.29 is 14.1 Å². The first-order chi connectivity index (χ1) is 12.0. The number of hydrogen-bond donors (Lipinski definition) is 0. The van der Waals surface area contributed by atoms with Gasteiger partial charge in [-0.05, 0) is 52.9 Å². The van der Waals surface area contributed by atoms with E-state index < -0.39 is 10.9 Å². The van der Waals surface area contributed by atoms with Gasteiger partial charge in [0.25, 0.3) is 5.69 Å². The maximum atomic E-state index is 14.2. The monoisotopic (exact) mass is 407 g/mol. The number of nitro benzene ring substituents is 1. The molecule has 1 aromatic carbocycles. The van der Waals surface area contributed by atoms with Gasteiger partial charge >= 0.3 is 0 Å². The number of benzene rings is 1. The van der Waals surface area contributed by atoms with Crippen molar-refractivity contribution in [3.8, 4) is 5.75 Å². The van der Waals surface area contributed by atoms with Gasteiger partial charge in [-0.25, -0.2) is 4.98 Å². The number of ether oxygens (including phenoxy) is 1. The van der Waals surface area contributed by atoms with Gasteiger partial charge in [0.05, 0.1) is 24.1 Å². The van der Waals surface area contributed by atoms with Crippen LogP contribution in [-0.2, 0) is 6.42 Å². The average molecular weight is 408 g/mol. The molecule has 1 fully saturated rings. The van der Waals surface area contributed by atoms with E-state index in [-0.39, 0.29) is 17.8 Å². The fourth-order valence-electron chi connectivity index (χ4n) is 4.03. The third-order valence-corrected chi connectivity index (χ3v) is 5.69. The molecule has 2 aromatic rings. The Kier molecular flexibility index (Phi) is 3.87. The minimum absolute atomic E-state index is 0.00495. The molecule has 25 heavy (non-hydrogen) atoms. The minimum atomic E-state index is -0.445. The summed E-state index contributed by atoms with van der Waals surface area (Å²) < 4.78 is 20.1. The van der Waals surface area contributed by atoms with E-state index >= 15 is 0 Å². The van der Waals surface area contributed by atoms with Gasteiger partial charge in [-0.1, -0.05) is 0 Å². The summed E-state index contributed by atoms with van der Waals surface area (Å²) in [6.07, 6.45) is 3.64. The highest BCUT2D eigenvalue weighted by Gasteiger charge is 2.44. The van der Waals surface area contributed by atoms with Crippen molar-refractivity contribution in [3.05, 3.63) is 56.1 Å². The number of aromatic nitrogens is 1. The summed E-state index contributed by atoms with van der Waals surface area (Å²) in [5.41, 5.74) is 2.03. The molecule has 0 unspecified atom stereocenters. The van der Waals surface area contributed by atoms with E-state index in [1.165, 1.54) is 19.4 Å². The Hall–Kier alpha value is -2.22. The molecule has 6 nitrogen and oxygen atoms in total. The molecular weight excluding hydrogens is 393 g/mol. The Morgan fingerprint density at radius 3 is 2.96 bits per heavy atom. The fourth-order valence-corrected chi connectivity index (χ4v) is 4.64. The Morgan fingerprint density at radius 2 is 2.24 bits per heavy atom. The number of nitrogens with zero attached hydrogens (tertiary/aromatic N) is 3. The van der Waals surface area contributed by atoms with Gasteiger partial charge in [-0.2, -0.15) is 4.39 Å². The molecule has 0 spiro atoms. The molecule has 0 N–H and O–H groups in total. The number of nitro groups is 1. The molecule has 2 bridgehead atoms. The predicted molar refractivity (Wildman–Crippen MR) is 93.5 cm³/mol. The Morgan fingerprint density at radius 1 is 1.44 bits per heavy atom. The molecule has 2 aliphatic rings. The Labute approximate surface area is 151 Å². The molecule has 4 rings (SSSR count). The van der Waals surface area contributed by atoms with Crippen LogP contribution in [0.4, 0.5) is 15.8 Å². The number of pyridine rings is 1. The smallest absolute Gasteiger partial charge is 0.296 e. The quantitative estimate of drug-likeness (QED) is 0.433. The highest BCUT2D eigenvalue weighted by molar-refractivity contribution is 9.10. The Balaban J connectivity index is 1.86. The maximum Gasteiger partial charge on any atom is 0.296 e. The molecule has 1 saturated heterocycles. The van der Waals surface area contributed by atoms with Crippen molar-refractivity contribution in [1.82, 2.24) is 4.98 Å². The zero-order valence-electron chi connectivity index (χ0n) is 13.4. The summed E-state index contributed by atoms with van der Waals surface area (Å²) in [5, 5.41) is 11.6. The van der Waals surface area contributed by atoms with Crippen molar-refractivity contribution in [1.29, 1.82) is 0 Å². The van der Waals surface area contributed by atoms with Crippen LogP contribution in [0.1, 0.15) is 30.0 Å². The van der Waals surface area contributed by atoms with Crippen molar-refractivity contribution in [2.75, 3.05) is 12.0 Å². The molecule has 0 aliphatic carbocycles. The highest BCUT2D eigenvalue weighted by Crippen LogP contribution is 2.50. The molecule has 2 atom stereocenters. The SMILES string of the molecule is COc1ccc(N2[C@H]3CC[C@@H]2c2c(Br)cnc(F)c2C3)c([N+](=O)[O-])c1. The molecule has 8 heteroatoms. The van der Waals surface area contributed by atoms with E-state index in [2.05, 4.69) is 25.8 Å². The van der Waals surface area contributed by atoms with Gasteiger partial charge in [0, 0.05) is 22.3 Å². The Bertz CT molecular complexity index is 876. The van der Waals surface area contributed by atoms with Crippen LogP contribution in [0.2, 0.25) is 0 Å². The summed E-state index contributed by atoms with van der Waals surface area (Å²) >= 11 is 3.48. The van der Waals surface area contributed by atoms with E-state index in [0.29, 0.717) is 23.4 Å². The lowest BCUT2D eigenvalue weighted by molar-refractivity contribution is -0.384. The standard InChI is InChI=1S/C17H15BrFN3O3/c1-25-10-3-5-13(15(7-10)22(23)24)21-9-2-4-14(21)16-11(6-9)17(19)20-8-12(16)18/h3,5,7-9,14H,2,4,6H2,1H3/t9-,14+/m0/s1. The number of rotatable bonds is 3. The topological polar surface area (TPSA) is 68.5 Å². The predicted octanol–water partition coefficient (Wildman–Crippen LogP) is 4.17. The second-order valence-electron chi connectivity index (χ2n) is 6.26. The van der Waals surface area contributed by atoms with Crippen LogP contribution in [0.25, 0.3) is 0 Å². The maximum absolute atomic E-state index is 14.2. The summed E-state index contributed by atoms with van der Waals surface area (Å²) in [6, 6.07) is 4.80. The third kappa shape index (κ3) is 2.47. The highest BCUT2D eigenvalue weighted by atomic mass is 79.9. The largest absolute Gasteiger partial charge is 0.496 e. The molecular formula is C17H15BrFN3O3. The first-order valence-electron chi connectivity index (χ1n) is 7.94. The number of methoxy groups -OCH3 is 1. The molecule has 0 saturated carbocycles. The first kappa shape index (κ1) is 16.3. The van der Waals surface area contributed by atoms with E-state index in [9.17, 15) is 14.5 Å². The van der Waals surface area contributed by atoms with E-state index in [4.69, 9.17) is 4.74 Å². The molecule has 0 radical (unpaired) electrons. The van der Waals surface area contributed by atoms with Gasteiger partial charge < -0.3 is 9.64 Å². The normalized spacial score (nSPS) is 21.2. The number of fused-ring (bicyclic) bond motifs is 4. The lowest BCUT2D eigenvalue weighted by Crippen LogP contribution is -2.38. The van der Waals surface area contributed by atoms with Crippen molar-refractivity contribution in [2.24, 2.45) is 0 Å². The lowest BCUT2D eigenvalue weighted by atomic mass is 9.94. The summed E-state index contributed by atoms with van der Waals surface area (Å²) in [5.74, 6) is -0.00406. The summed E-state index contributed by atoms with van der Waals surface area (Å²) in [6.45, 7) is 0. The lowest BCUT2D eigenvalue weighted by Gasteiger charge is -2.38.